The van der Waals surface area contributed by atoms with E-state index >= 15 is 0 Å². The Labute approximate surface area is 116 Å². The molecule has 0 aliphatic carbocycles. The van der Waals surface area contributed by atoms with Crippen LogP contribution >= 0.6 is 0 Å². The van der Waals surface area contributed by atoms with E-state index in [-0.39, 0.29) is 5.91 Å². The average molecular weight is 263 g/mol. The number of aryl methyl sites for hydroxylation is 2. The largest absolute Gasteiger partial charge is 0.383 e. The van der Waals surface area contributed by atoms with Crippen molar-refractivity contribution in [2.45, 2.75) is 27.7 Å². The molecule has 106 valence electrons. The fraction of sp³-hybridized carbons (Fsp3) is 0.562. The molecule has 0 unspecified atom stereocenters. The summed E-state index contributed by atoms with van der Waals surface area (Å²) in [6, 6.07) is 5.88. The summed E-state index contributed by atoms with van der Waals surface area (Å²) in [4.78, 5) is 14.4. The van der Waals surface area contributed by atoms with Crippen LogP contribution in [0.5, 0.6) is 0 Å². The molecule has 1 amide bonds. The number of hydrogen-bond donors (Lipinski definition) is 0. The number of methoxy groups -OCH3 is 1. The second-order valence-electron chi connectivity index (χ2n) is 5.44. The van der Waals surface area contributed by atoms with Crippen molar-refractivity contribution in [3.05, 3.63) is 34.9 Å². The van der Waals surface area contributed by atoms with Gasteiger partial charge in [-0.25, -0.2) is 0 Å². The van der Waals surface area contributed by atoms with Gasteiger partial charge in [0, 0.05) is 25.8 Å². The van der Waals surface area contributed by atoms with E-state index < -0.39 is 0 Å². The highest BCUT2D eigenvalue weighted by Crippen LogP contribution is 2.13. The lowest BCUT2D eigenvalue weighted by Gasteiger charge is -2.24. The maximum atomic E-state index is 12.5. The van der Waals surface area contributed by atoms with Crippen LogP contribution in [0.4, 0.5) is 0 Å². The number of nitrogens with zero attached hydrogens (tertiary/aromatic N) is 1. The molecule has 0 aliphatic rings. The van der Waals surface area contributed by atoms with Gasteiger partial charge in [-0.15, -0.1) is 0 Å². The average Bonchev–Trinajstić information content (AvgIpc) is 2.36. The molecule has 0 saturated carbocycles. The van der Waals surface area contributed by atoms with Gasteiger partial charge in [0.15, 0.2) is 0 Å². The minimum atomic E-state index is 0.0915. The molecule has 0 N–H and O–H groups in total. The van der Waals surface area contributed by atoms with Crippen LogP contribution in [0.25, 0.3) is 0 Å². The van der Waals surface area contributed by atoms with Crippen LogP contribution in [0, 0.1) is 19.8 Å². The maximum Gasteiger partial charge on any atom is 0.253 e. The lowest BCUT2D eigenvalue weighted by Crippen LogP contribution is -2.36. The zero-order valence-corrected chi connectivity index (χ0v) is 12.7. The second kappa shape index (κ2) is 7.29. The standard InChI is InChI=1S/C16H25NO2/c1-12(2)11-17(8-9-19-5)16(18)15-7-6-13(3)14(4)10-15/h6-7,10,12H,8-9,11H2,1-5H3. The Morgan fingerprint density at radius 1 is 1.26 bits per heavy atom. The minimum absolute atomic E-state index is 0.0915. The first kappa shape index (κ1) is 15.7. The van der Waals surface area contributed by atoms with Gasteiger partial charge >= 0.3 is 0 Å². The van der Waals surface area contributed by atoms with Crippen molar-refractivity contribution in [2.24, 2.45) is 5.92 Å². The lowest BCUT2D eigenvalue weighted by molar-refractivity contribution is 0.0672. The molecule has 3 nitrogen and oxygen atoms in total. The normalized spacial score (nSPS) is 10.8. The van der Waals surface area contributed by atoms with E-state index in [1.54, 1.807) is 7.11 Å². The predicted octanol–water partition coefficient (Wildman–Crippen LogP) is 3.05. The molecule has 0 fully saturated rings. The third-order valence-corrected chi connectivity index (χ3v) is 3.19. The Hall–Kier alpha value is -1.35. The fourth-order valence-electron chi connectivity index (χ4n) is 1.98. The molecule has 0 aliphatic heterocycles. The van der Waals surface area contributed by atoms with E-state index in [0.29, 0.717) is 19.1 Å². The molecule has 3 heteroatoms. The van der Waals surface area contributed by atoms with Gasteiger partial charge in [-0.05, 0) is 43.0 Å². The Kier molecular flexibility index (Phi) is 6.03. The smallest absolute Gasteiger partial charge is 0.253 e. The van der Waals surface area contributed by atoms with E-state index in [1.807, 2.05) is 30.0 Å². The summed E-state index contributed by atoms with van der Waals surface area (Å²) >= 11 is 0. The molecule has 1 aromatic carbocycles. The number of carbonyl (C=O) groups is 1. The van der Waals surface area contributed by atoms with Crippen molar-refractivity contribution in [2.75, 3.05) is 26.8 Å². The van der Waals surface area contributed by atoms with Crippen molar-refractivity contribution >= 4 is 5.91 Å². The number of carbonyl (C=O) groups excluding carboxylic acids is 1. The van der Waals surface area contributed by atoms with Crippen LogP contribution in [0.15, 0.2) is 18.2 Å². The van der Waals surface area contributed by atoms with Crippen LogP contribution in [-0.2, 0) is 4.74 Å². The maximum absolute atomic E-state index is 12.5. The van der Waals surface area contributed by atoms with Crippen molar-refractivity contribution in [1.29, 1.82) is 0 Å². The van der Waals surface area contributed by atoms with Gasteiger partial charge in [-0.1, -0.05) is 19.9 Å². The van der Waals surface area contributed by atoms with Gasteiger partial charge in [-0.3, -0.25) is 4.79 Å². The topological polar surface area (TPSA) is 29.5 Å². The van der Waals surface area contributed by atoms with Crippen molar-refractivity contribution < 1.29 is 9.53 Å². The number of hydrogen-bond acceptors (Lipinski definition) is 2. The molecule has 0 saturated heterocycles. The molecule has 1 aromatic rings. The third kappa shape index (κ3) is 4.67. The number of ether oxygens (including phenoxy) is 1. The molecule has 0 bridgehead atoms. The van der Waals surface area contributed by atoms with E-state index in [1.165, 1.54) is 5.56 Å². The number of benzene rings is 1. The zero-order chi connectivity index (χ0) is 14.4. The summed E-state index contributed by atoms with van der Waals surface area (Å²) in [5, 5.41) is 0. The highest BCUT2D eigenvalue weighted by Gasteiger charge is 2.16. The lowest BCUT2D eigenvalue weighted by atomic mass is 10.1. The van der Waals surface area contributed by atoms with Gasteiger partial charge < -0.3 is 9.64 Å². The predicted molar refractivity (Wildman–Crippen MR) is 78.5 cm³/mol. The first-order valence-electron chi connectivity index (χ1n) is 6.81. The second-order valence-corrected chi connectivity index (χ2v) is 5.44. The summed E-state index contributed by atoms with van der Waals surface area (Å²) in [7, 11) is 1.66. The first-order valence-corrected chi connectivity index (χ1v) is 6.81. The Morgan fingerprint density at radius 2 is 1.95 bits per heavy atom. The molecule has 0 radical (unpaired) electrons. The van der Waals surface area contributed by atoms with Gasteiger partial charge in [0.05, 0.1) is 6.61 Å². The SMILES string of the molecule is COCCN(CC(C)C)C(=O)c1ccc(C)c(C)c1. The van der Waals surface area contributed by atoms with E-state index in [9.17, 15) is 4.79 Å². The molecule has 19 heavy (non-hydrogen) atoms. The highest BCUT2D eigenvalue weighted by atomic mass is 16.5. The van der Waals surface area contributed by atoms with Crippen LogP contribution in [0.1, 0.15) is 35.3 Å². The Balaban J connectivity index is 2.87. The first-order chi connectivity index (χ1) is 8.95. The summed E-state index contributed by atoms with van der Waals surface area (Å²) in [6.45, 7) is 10.3. The third-order valence-electron chi connectivity index (χ3n) is 3.19. The van der Waals surface area contributed by atoms with Crippen LogP contribution in [0.3, 0.4) is 0 Å². The molecule has 0 aromatic heterocycles. The number of amides is 1. The quantitative estimate of drug-likeness (QED) is 0.789. The molecular weight excluding hydrogens is 238 g/mol. The highest BCUT2D eigenvalue weighted by molar-refractivity contribution is 5.94. The van der Waals surface area contributed by atoms with E-state index in [2.05, 4.69) is 20.8 Å². The molecule has 1 rings (SSSR count). The van der Waals surface area contributed by atoms with Gasteiger partial charge in [0.2, 0.25) is 0 Å². The Bertz CT molecular complexity index is 427. The van der Waals surface area contributed by atoms with Crippen molar-refractivity contribution in [3.8, 4) is 0 Å². The molecule has 0 spiro atoms. The van der Waals surface area contributed by atoms with E-state index in [4.69, 9.17) is 4.74 Å². The monoisotopic (exact) mass is 263 g/mol. The molecule has 0 atom stereocenters. The fourth-order valence-corrected chi connectivity index (χ4v) is 1.98. The summed E-state index contributed by atoms with van der Waals surface area (Å²) in [5.41, 5.74) is 3.13. The summed E-state index contributed by atoms with van der Waals surface area (Å²) < 4.78 is 5.09. The summed E-state index contributed by atoms with van der Waals surface area (Å²) in [6.07, 6.45) is 0. The molecule has 0 heterocycles. The zero-order valence-electron chi connectivity index (χ0n) is 12.7. The Morgan fingerprint density at radius 3 is 2.47 bits per heavy atom. The van der Waals surface area contributed by atoms with Gasteiger partial charge in [0.1, 0.15) is 0 Å². The van der Waals surface area contributed by atoms with Crippen molar-refractivity contribution in [1.82, 2.24) is 4.90 Å². The van der Waals surface area contributed by atoms with Crippen LogP contribution in [-0.4, -0.2) is 37.6 Å². The summed E-state index contributed by atoms with van der Waals surface area (Å²) in [5.74, 6) is 0.543. The van der Waals surface area contributed by atoms with Gasteiger partial charge in [0.25, 0.3) is 5.91 Å². The van der Waals surface area contributed by atoms with Crippen molar-refractivity contribution in [3.63, 3.8) is 0 Å². The van der Waals surface area contributed by atoms with Crippen LogP contribution < -0.4 is 0 Å². The van der Waals surface area contributed by atoms with Crippen LogP contribution in [0.2, 0.25) is 0 Å². The van der Waals surface area contributed by atoms with Gasteiger partial charge in [-0.2, -0.15) is 0 Å². The van der Waals surface area contributed by atoms with E-state index in [0.717, 1.165) is 17.7 Å². The minimum Gasteiger partial charge on any atom is -0.383 e. The molecular formula is C16H25NO2. The number of rotatable bonds is 6.